The van der Waals surface area contributed by atoms with Gasteiger partial charge in [-0.2, -0.15) is 5.10 Å². The number of nitrogens with zero attached hydrogens (tertiary/aromatic N) is 3. The zero-order chi connectivity index (χ0) is 14.5. The lowest BCUT2D eigenvalue weighted by molar-refractivity contribution is 0.0995. The van der Waals surface area contributed by atoms with Crippen LogP contribution in [0.25, 0.3) is 0 Å². The Bertz CT molecular complexity index is 564. The molecule has 0 aliphatic carbocycles. The molecule has 0 unspecified atom stereocenters. The van der Waals surface area contributed by atoms with E-state index in [1.807, 2.05) is 37.9 Å². The normalized spacial score (nSPS) is 10.6. The molecule has 20 heavy (non-hydrogen) atoms. The minimum absolute atomic E-state index is 0.00591. The van der Waals surface area contributed by atoms with E-state index < -0.39 is 0 Å². The quantitative estimate of drug-likeness (QED) is 0.787. The van der Waals surface area contributed by atoms with Gasteiger partial charge >= 0.3 is 0 Å². The molecular formula is C14H19N5O. The Labute approximate surface area is 118 Å². The monoisotopic (exact) mass is 273 g/mol. The third kappa shape index (κ3) is 3.57. The van der Waals surface area contributed by atoms with Crippen LogP contribution in [-0.2, 0) is 0 Å². The Morgan fingerprint density at radius 1 is 1.40 bits per heavy atom. The number of rotatable bonds is 6. The third-order valence-electron chi connectivity index (χ3n) is 2.80. The van der Waals surface area contributed by atoms with Crippen molar-refractivity contribution in [2.24, 2.45) is 0 Å². The van der Waals surface area contributed by atoms with Crippen LogP contribution in [0.15, 0.2) is 30.6 Å². The average molecular weight is 273 g/mol. The van der Waals surface area contributed by atoms with Crippen LogP contribution < -0.4 is 10.2 Å². The van der Waals surface area contributed by atoms with E-state index in [0.29, 0.717) is 11.5 Å². The zero-order valence-corrected chi connectivity index (χ0v) is 11.9. The summed E-state index contributed by atoms with van der Waals surface area (Å²) in [5.41, 5.74) is 1.46. The Kier molecular flexibility index (Phi) is 4.34. The van der Waals surface area contributed by atoms with Gasteiger partial charge in [-0.15, -0.1) is 0 Å². The lowest BCUT2D eigenvalue weighted by atomic mass is 10.2. The average Bonchev–Trinajstić information content (AvgIpc) is 2.87. The molecule has 0 aliphatic heterocycles. The first-order valence-corrected chi connectivity index (χ1v) is 6.52. The first kappa shape index (κ1) is 14.0. The summed E-state index contributed by atoms with van der Waals surface area (Å²) >= 11 is 0. The first-order chi connectivity index (χ1) is 9.56. The summed E-state index contributed by atoms with van der Waals surface area (Å²) < 4.78 is 0. The van der Waals surface area contributed by atoms with E-state index in [9.17, 15) is 4.79 Å². The van der Waals surface area contributed by atoms with E-state index in [2.05, 4.69) is 20.5 Å². The Morgan fingerprint density at radius 3 is 2.75 bits per heavy atom. The molecular weight excluding hydrogens is 254 g/mol. The van der Waals surface area contributed by atoms with Crippen LogP contribution in [0, 0.1) is 0 Å². The molecule has 2 aromatic rings. The van der Waals surface area contributed by atoms with Gasteiger partial charge in [0.25, 0.3) is 0 Å². The minimum Gasteiger partial charge on any atom is -0.367 e. The van der Waals surface area contributed by atoms with E-state index in [1.165, 1.54) is 0 Å². The van der Waals surface area contributed by atoms with Gasteiger partial charge < -0.3 is 10.2 Å². The van der Waals surface area contributed by atoms with Gasteiger partial charge in [-0.25, -0.2) is 0 Å². The Hall–Kier alpha value is -2.37. The number of hydrogen-bond acceptors (Lipinski definition) is 5. The molecule has 106 valence electrons. The molecule has 0 spiro atoms. The van der Waals surface area contributed by atoms with Crippen LogP contribution in [0.2, 0.25) is 0 Å². The van der Waals surface area contributed by atoms with Crippen molar-refractivity contribution in [3.63, 3.8) is 0 Å². The van der Waals surface area contributed by atoms with Crippen LogP contribution >= 0.6 is 0 Å². The highest BCUT2D eigenvalue weighted by molar-refractivity contribution is 5.98. The highest BCUT2D eigenvalue weighted by Crippen LogP contribution is 2.12. The lowest BCUT2D eigenvalue weighted by Crippen LogP contribution is -2.25. The molecule has 2 N–H and O–H groups in total. The van der Waals surface area contributed by atoms with Gasteiger partial charge in [-0.3, -0.25) is 14.9 Å². The maximum atomic E-state index is 12.2. The number of likely N-dealkylation sites (N-methyl/N-ethyl adjacent to an activating group) is 1. The number of nitrogens with one attached hydrogen (secondary N) is 2. The van der Waals surface area contributed by atoms with Crippen LogP contribution in [0.5, 0.6) is 0 Å². The van der Waals surface area contributed by atoms with Gasteiger partial charge in [-0.05, 0) is 26.0 Å². The molecule has 0 saturated carbocycles. The number of carbonyl (C=O) groups excluding carboxylic acids is 1. The summed E-state index contributed by atoms with van der Waals surface area (Å²) in [5.74, 6) is 0.684. The van der Waals surface area contributed by atoms with E-state index >= 15 is 0 Å². The molecule has 0 fully saturated rings. The summed E-state index contributed by atoms with van der Waals surface area (Å²) in [5, 5.41) is 9.99. The number of pyridine rings is 1. The van der Waals surface area contributed by atoms with Gasteiger partial charge in [0, 0.05) is 37.2 Å². The van der Waals surface area contributed by atoms with Crippen LogP contribution in [0.1, 0.15) is 24.3 Å². The minimum atomic E-state index is -0.00591. The second-order valence-corrected chi connectivity index (χ2v) is 4.95. The van der Waals surface area contributed by atoms with Crippen molar-refractivity contribution >= 4 is 17.3 Å². The number of aromatic amines is 1. The molecule has 0 saturated heterocycles. The predicted molar refractivity (Wildman–Crippen MR) is 79.2 cm³/mol. The van der Waals surface area contributed by atoms with Crippen LogP contribution in [0.3, 0.4) is 0 Å². The predicted octanol–water partition coefficient (Wildman–Crippen LogP) is 1.94. The Balaban J connectivity index is 1.99. The first-order valence-electron chi connectivity index (χ1n) is 6.52. The lowest BCUT2D eigenvalue weighted by Gasteiger charge is -2.17. The highest BCUT2D eigenvalue weighted by Gasteiger charge is 2.13. The summed E-state index contributed by atoms with van der Waals surface area (Å²) in [6.45, 7) is 4.33. The number of hydrogen-bond donors (Lipinski definition) is 2. The molecule has 2 heterocycles. The molecule has 2 rings (SSSR count). The van der Waals surface area contributed by atoms with Crippen molar-refractivity contribution in [1.29, 1.82) is 0 Å². The fourth-order valence-electron chi connectivity index (χ4n) is 1.82. The van der Waals surface area contributed by atoms with Gasteiger partial charge in [0.05, 0.1) is 6.54 Å². The second kappa shape index (κ2) is 6.18. The SMILES string of the molecule is CC(C)Nc1cc(C(=O)CN(C)c2ccncc2)[nH]n1. The standard InChI is InChI=1S/C14H19N5O/c1-10(2)16-14-8-12(17-18-14)13(20)9-19(3)11-4-6-15-7-5-11/h4-8,10H,9H2,1-3H3,(H2,16,17,18). The van der Waals surface area contributed by atoms with Crippen molar-refractivity contribution in [2.45, 2.75) is 19.9 Å². The summed E-state index contributed by atoms with van der Waals surface area (Å²) in [6.07, 6.45) is 3.41. The topological polar surface area (TPSA) is 73.9 Å². The third-order valence-corrected chi connectivity index (χ3v) is 2.80. The number of H-pyrrole nitrogens is 1. The number of anilines is 2. The molecule has 0 aromatic carbocycles. The molecule has 0 aliphatic rings. The summed E-state index contributed by atoms with van der Waals surface area (Å²) in [6, 6.07) is 5.75. The second-order valence-electron chi connectivity index (χ2n) is 4.95. The maximum Gasteiger partial charge on any atom is 0.199 e. The van der Waals surface area contributed by atoms with Gasteiger partial charge in [0.15, 0.2) is 5.78 Å². The molecule has 0 bridgehead atoms. The smallest absolute Gasteiger partial charge is 0.199 e. The summed E-state index contributed by atoms with van der Waals surface area (Å²) in [7, 11) is 1.87. The van der Waals surface area contributed by atoms with Crippen molar-refractivity contribution < 1.29 is 4.79 Å². The van der Waals surface area contributed by atoms with Crippen LogP contribution in [0.4, 0.5) is 11.5 Å². The van der Waals surface area contributed by atoms with Gasteiger partial charge in [-0.1, -0.05) is 0 Å². The van der Waals surface area contributed by atoms with Crippen molar-refractivity contribution in [1.82, 2.24) is 15.2 Å². The van der Waals surface area contributed by atoms with Gasteiger partial charge in [0.1, 0.15) is 11.5 Å². The largest absolute Gasteiger partial charge is 0.367 e. The molecule has 6 heteroatoms. The number of Topliss-reactive ketones (excluding diaryl/α,β-unsaturated/α-hetero) is 1. The van der Waals surface area contributed by atoms with E-state index in [4.69, 9.17) is 0 Å². The van der Waals surface area contributed by atoms with E-state index in [-0.39, 0.29) is 18.4 Å². The molecule has 6 nitrogen and oxygen atoms in total. The number of carbonyl (C=O) groups is 1. The highest BCUT2D eigenvalue weighted by atomic mass is 16.1. The maximum absolute atomic E-state index is 12.2. The van der Waals surface area contributed by atoms with Gasteiger partial charge in [0.2, 0.25) is 0 Å². The molecule has 0 radical (unpaired) electrons. The zero-order valence-electron chi connectivity index (χ0n) is 11.9. The number of ketones is 1. The van der Waals surface area contributed by atoms with Crippen molar-refractivity contribution in [2.75, 3.05) is 23.8 Å². The van der Waals surface area contributed by atoms with E-state index in [1.54, 1.807) is 18.5 Å². The fourth-order valence-corrected chi connectivity index (χ4v) is 1.82. The van der Waals surface area contributed by atoms with Crippen molar-refractivity contribution in [3.05, 3.63) is 36.3 Å². The summed E-state index contributed by atoms with van der Waals surface area (Å²) in [4.78, 5) is 18.0. The Morgan fingerprint density at radius 2 is 2.10 bits per heavy atom. The van der Waals surface area contributed by atoms with E-state index in [0.717, 1.165) is 5.69 Å². The number of aromatic nitrogens is 3. The van der Waals surface area contributed by atoms with Crippen LogP contribution in [-0.4, -0.2) is 40.6 Å². The molecule has 2 aromatic heterocycles. The molecule has 0 atom stereocenters. The molecule has 0 amide bonds. The van der Waals surface area contributed by atoms with Crippen molar-refractivity contribution in [3.8, 4) is 0 Å². The fraction of sp³-hybridized carbons (Fsp3) is 0.357.